The summed E-state index contributed by atoms with van der Waals surface area (Å²) in [6.07, 6.45) is -2.50. The van der Waals surface area contributed by atoms with Crippen LogP contribution in [0.5, 0.6) is 0 Å². The number of aromatic nitrogens is 2. The lowest BCUT2D eigenvalue weighted by Gasteiger charge is -2.04. The molecule has 0 unspecified atom stereocenters. The summed E-state index contributed by atoms with van der Waals surface area (Å²) < 4.78 is 40.0. The van der Waals surface area contributed by atoms with Crippen LogP contribution in [0.4, 0.5) is 13.2 Å². The molecule has 8 heteroatoms. The molecular weight excluding hydrogens is 267 g/mol. The number of rotatable bonds is 8. The number of hydrogen-bond donors (Lipinski definition) is 1. The summed E-state index contributed by atoms with van der Waals surface area (Å²) in [5.41, 5.74) is 0. The molecule has 1 heterocycles. The quantitative estimate of drug-likeness (QED) is 0.743. The highest BCUT2D eigenvalue weighted by Crippen LogP contribution is 2.17. The molecule has 0 aliphatic carbocycles. The van der Waals surface area contributed by atoms with Crippen LogP contribution in [0.2, 0.25) is 0 Å². The van der Waals surface area contributed by atoms with E-state index in [1.807, 2.05) is 0 Å². The number of ether oxygens (including phenoxy) is 1. The van der Waals surface area contributed by atoms with E-state index >= 15 is 0 Å². The van der Waals surface area contributed by atoms with Crippen LogP contribution in [0.15, 0.2) is 0 Å². The molecule has 0 fully saturated rings. The molecule has 0 radical (unpaired) electrons. The third-order valence-electron chi connectivity index (χ3n) is 1.94. The monoisotopic (exact) mass is 283 g/mol. The van der Waals surface area contributed by atoms with Gasteiger partial charge in [-0.05, 0) is 13.0 Å². The lowest BCUT2D eigenvalue weighted by Crippen LogP contribution is -2.17. The van der Waals surface area contributed by atoms with Gasteiger partial charge in [0.2, 0.25) is 0 Å². The summed E-state index contributed by atoms with van der Waals surface area (Å²) in [6, 6.07) is 0. The summed E-state index contributed by atoms with van der Waals surface area (Å²) in [7, 11) is 0. The summed E-state index contributed by atoms with van der Waals surface area (Å²) in [5.74, 6) is 0. The average molecular weight is 283 g/mol. The van der Waals surface area contributed by atoms with Gasteiger partial charge in [-0.3, -0.25) is 0 Å². The topological polar surface area (TPSA) is 47.0 Å². The maximum Gasteiger partial charge on any atom is 0.411 e. The smallest absolute Gasteiger partial charge is 0.365 e. The first kappa shape index (κ1) is 15.3. The molecular formula is C10H16F3N3OS. The molecule has 4 nitrogen and oxygen atoms in total. The fourth-order valence-corrected chi connectivity index (χ4v) is 1.98. The Hall–Kier alpha value is -0.730. The van der Waals surface area contributed by atoms with Gasteiger partial charge >= 0.3 is 6.18 Å². The Kier molecular flexibility index (Phi) is 6.51. The van der Waals surface area contributed by atoms with Gasteiger partial charge in [-0.1, -0.05) is 18.3 Å². The van der Waals surface area contributed by atoms with E-state index in [1.54, 1.807) is 0 Å². The zero-order valence-corrected chi connectivity index (χ0v) is 10.9. The Balaban J connectivity index is 2.21. The lowest BCUT2D eigenvalue weighted by atomic mass is 10.4. The van der Waals surface area contributed by atoms with Gasteiger partial charge in [0.05, 0.1) is 0 Å². The van der Waals surface area contributed by atoms with Crippen molar-refractivity contribution < 1.29 is 17.9 Å². The third-order valence-corrected chi connectivity index (χ3v) is 2.90. The van der Waals surface area contributed by atoms with Gasteiger partial charge in [0.25, 0.3) is 0 Å². The van der Waals surface area contributed by atoms with Gasteiger partial charge in [0.15, 0.2) is 0 Å². The normalized spacial score (nSPS) is 12.0. The van der Waals surface area contributed by atoms with E-state index < -0.39 is 12.8 Å². The maximum atomic E-state index is 11.8. The number of nitrogens with zero attached hydrogens (tertiary/aromatic N) is 2. The molecule has 18 heavy (non-hydrogen) atoms. The van der Waals surface area contributed by atoms with Crippen LogP contribution >= 0.6 is 11.3 Å². The SMILES string of the molecule is CCCNCCc1nnc(COCC(F)(F)F)s1. The molecule has 1 rings (SSSR count). The van der Waals surface area contributed by atoms with E-state index in [-0.39, 0.29) is 6.61 Å². The Morgan fingerprint density at radius 2 is 1.94 bits per heavy atom. The number of nitrogens with one attached hydrogen (secondary N) is 1. The van der Waals surface area contributed by atoms with Gasteiger partial charge in [0.1, 0.15) is 23.2 Å². The van der Waals surface area contributed by atoms with E-state index in [1.165, 1.54) is 11.3 Å². The van der Waals surface area contributed by atoms with Gasteiger partial charge in [-0.25, -0.2) is 0 Å². The molecule has 104 valence electrons. The predicted octanol–water partition coefficient (Wildman–Crippen LogP) is 2.16. The van der Waals surface area contributed by atoms with Crippen LogP contribution in [0.3, 0.4) is 0 Å². The molecule has 0 aliphatic rings. The molecule has 0 atom stereocenters. The molecule has 0 bridgehead atoms. The Morgan fingerprint density at radius 3 is 2.61 bits per heavy atom. The van der Waals surface area contributed by atoms with Gasteiger partial charge in [-0.15, -0.1) is 10.2 Å². The van der Waals surface area contributed by atoms with Crippen molar-refractivity contribution in [3.05, 3.63) is 10.0 Å². The highest BCUT2D eigenvalue weighted by Gasteiger charge is 2.27. The van der Waals surface area contributed by atoms with E-state index in [0.29, 0.717) is 5.01 Å². The summed E-state index contributed by atoms with van der Waals surface area (Å²) in [5, 5.41) is 12.2. The first-order valence-electron chi connectivity index (χ1n) is 5.67. The minimum absolute atomic E-state index is 0.139. The first-order chi connectivity index (χ1) is 8.51. The van der Waals surface area contributed by atoms with Crippen LogP contribution in [-0.4, -0.2) is 36.1 Å². The van der Waals surface area contributed by atoms with E-state index in [2.05, 4.69) is 27.2 Å². The van der Waals surface area contributed by atoms with Crippen molar-refractivity contribution in [3.8, 4) is 0 Å². The highest BCUT2D eigenvalue weighted by atomic mass is 32.1. The van der Waals surface area contributed by atoms with E-state index in [9.17, 15) is 13.2 Å². The Bertz CT molecular complexity index is 343. The van der Waals surface area contributed by atoms with Gasteiger partial charge in [-0.2, -0.15) is 13.2 Å². The molecule has 1 N–H and O–H groups in total. The number of halogens is 3. The van der Waals surface area contributed by atoms with E-state index in [4.69, 9.17) is 0 Å². The second kappa shape index (κ2) is 7.65. The van der Waals surface area contributed by atoms with Crippen molar-refractivity contribution in [2.24, 2.45) is 0 Å². The zero-order valence-electron chi connectivity index (χ0n) is 10.1. The van der Waals surface area contributed by atoms with Crippen LogP contribution in [-0.2, 0) is 17.8 Å². The third kappa shape index (κ3) is 6.87. The van der Waals surface area contributed by atoms with Crippen molar-refractivity contribution in [1.82, 2.24) is 15.5 Å². The predicted molar refractivity (Wildman–Crippen MR) is 62.5 cm³/mol. The summed E-state index contributed by atoms with van der Waals surface area (Å²) in [6.45, 7) is 2.43. The average Bonchev–Trinajstić information content (AvgIpc) is 2.71. The van der Waals surface area contributed by atoms with Crippen molar-refractivity contribution in [1.29, 1.82) is 0 Å². The highest BCUT2D eigenvalue weighted by molar-refractivity contribution is 7.11. The molecule has 0 aromatic carbocycles. The van der Waals surface area contributed by atoms with Crippen molar-refractivity contribution in [3.63, 3.8) is 0 Å². The van der Waals surface area contributed by atoms with Crippen LogP contribution < -0.4 is 5.32 Å². The molecule has 0 aliphatic heterocycles. The molecule has 0 saturated carbocycles. The number of hydrogen-bond acceptors (Lipinski definition) is 5. The molecule has 1 aromatic heterocycles. The zero-order chi connectivity index (χ0) is 13.4. The van der Waals surface area contributed by atoms with Crippen LogP contribution in [0.1, 0.15) is 23.4 Å². The van der Waals surface area contributed by atoms with Crippen molar-refractivity contribution in [2.45, 2.75) is 32.5 Å². The van der Waals surface area contributed by atoms with Crippen molar-refractivity contribution >= 4 is 11.3 Å². The van der Waals surface area contributed by atoms with Crippen LogP contribution in [0, 0.1) is 0 Å². The summed E-state index contributed by atoms with van der Waals surface area (Å²) in [4.78, 5) is 0. The summed E-state index contributed by atoms with van der Waals surface area (Å²) >= 11 is 1.29. The maximum absolute atomic E-state index is 11.8. The second-order valence-electron chi connectivity index (χ2n) is 3.70. The molecule has 0 spiro atoms. The second-order valence-corrected chi connectivity index (χ2v) is 4.84. The lowest BCUT2D eigenvalue weighted by molar-refractivity contribution is -0.176. The van der Waals surface area contributed by atoms with E-state index in [0.717, 1.165) is 30.9 Å². The largest absolute Gasteiger partial charge is 0.411 e. The molecule has 0 amide bonds. The minimum atomic E-state index is -4.29. The standard InChI is InChI=1S/C10H16F3N3OS/c1-2-4-14-5-3-8-15-16-9(18-8)6-17-7-10(11,12)13/h14H,2-7H2,1H3. The fraction of sp³-hybridized carbons (Fsp3) is 0.800. The fourth-order valence-electron chi connectivity index (χ4n) is 1.20. The Morgan fingerprint density at radius 1 is 1.22 bits per heavy atom. The molecule has 0 saturated heterocycles. The van der Waals surface area contributed by atoms with Crippen LogP contribution in [0.25, 0.3) is 0 Å². The Labute approximate surface area is 108 Å². The van der Waals surface area contributed by atoms with Gasteiger partial charge in [0, 0.05) is 13.0 Å². The van der Waals surface area contributed by atoms with Gasteiger partial charge < -0.3 is 10.1 Å². The van der Waals surface area contributed by atoms with Crippen molar-refractivity contribution in [2.75, 3.05) is 19.7 Å². The molecule has 1 aromatic rings. The minimum Gasteiger partial charge on any atom is -0.365 e. The number of alkyl halides is 3. The first-order valence-corrected chi connectivity index (χ1v) is 6.49.